The van der Waals surface area contributed by atoms with Crippen molar-refractivity contribution in [2.75, 3.05) is 26.6 Å². The van der Waals surface area contributed by atoms with Crippen LogP contribution < -0.4 is 9.46 Å². The smallest absolute Gasteiger partial charge is 0.360 e. The first-order chi connectivity index (χ1) is 17.2. The summed E-state index contributed by atoms with van der Waals surface area (Å²) in [7, 11) is -1.77. The number of nitrogens with one attached hydrogen (secondary N) is 1. The number of carbonyl (C=O) groups is 1. The number of hydrogen-bond acceptors (Lipinski definition) is 10. The van der Waals surface area contributed by atoms with E-state index in [0.29, 0.717) is 37.6 Å². The van der Waals surface area contributed by atoms with Gasteiger partial charge in [-0.25, -0.2) is 27.9 Å². The summed E-state index contributed by atoms with van der Waals surface area (Å²) in [5, 5.41) is 0. The number of esters is 1. The first-order valence-electron chi connectivity index (χ1n) is 12.3. The molecule has 0 aromatic carbocycles. The number of ether oxygens (including phenoxy) is 3. The third-order valence-electron chi connectivity index (χ3n) is 6.92. The third kappa shape index (κ3) is 6.40. The fourth-order valence-electron chi connectivity index (χ4n) is 5.16. The van der Waals surface area contributed by atoms with Crippen molar-refractivity contribution in [3.8, 4) is 5.88 Å². The number of oxazole rings is 1. The van der Waals surface area contributed by atoms with Crippen molar-refractivity contribution in [3.05, 3.63) is 35.9 Å². The molecule has 11 nitrogen and oxygen atoms in total. The van der Waals surface area contributed by atoms with Crippen LogP contribution in [0.1, 0.15) is 80.0 Å². The summed E-state index contributed by atoms with van der Waals surface area (Å²) in [6.07, 6.45) is 9.42. The van der Waals surface area contributed by atoms with E-state index in [4.69, 9.17) is 18.6 Å². The predicted octanol–water partition coefficient (Wildman–Crippen LogP) is 2.73. The molecular weight excluding hydrogens is 488 g/mol. The van der Waals surface area contributed by atoms with E-state index in [1.54, 1.807) is 26.3 Å². The summed E-state index contributed by atoms with van der Waals surface area (Å²) in [6.45, 7) is 2.28. The summed E-state index contributed by atoms with van der Waals surface area (Å²) in [6, 6.07) is 1.48. The number of methoxy groups -OCH3 is 1. The zero-order valence-corrected chi connectivity index (χ0v) is 21.8. The van der Waals surface area contributed by atoms with Gasteiger partial charge in [-0.15, -0.1) is 0 Å². The van der Waals surface area contributed by atoms with Crippen LogP contribution in [0.3, 0.4) is 0 Å². The van der Waals surface area contributed by atoms with Crippen molar-refractivity contribution in [1.29, 1.82) is 0 Å². The van der Waals surface area contributed by atoms with E-state index in [1.165, 1.54) is 6.26 Å². The predicted molar refractivity (Wildman–Crippen MR) is 129 cm³/mol. The van der Waals surface area contributed by atoms with Crippen molar-refractivity contribution in [2.24, 2.45) is 0 Å². The van der Waals surface area contributed by atoms with Gasteiger partial charge in [0, 0.05) is 24.2 Å². The third-order valence-corrected chi connectivity index (χ3v) is 7.69. The molecule has 12 heteroatoms. The second kappa shape index (κ2) is 11.2. The van der Waals surface area contributed by atoms with Gasteiger partial charge in [0.1, 0.15) is 12.1 Å². The molecule has 0 amide bonds. The molecule has 2 aromatic heterocycles. The lowest BCUT2D eigenvalue weighted by molar-refractivity contribution is -0.0104. The fourth-order valence-corrected chi connectivity index (χ4v) is 5.97. The Labute approximate surface area is 211 Å². The van der Waals surface area contributed by atoms with Crippen LogP contribution in [0.5, 0.6) is 5.88 Å². The SMILES string of the molecule is CCOC(=O)c1coc([C@@]2(COC3CCC(c4nccc(OC)n4)CC3)CC[C@H](NS(C)(=O)=O)C2)n1. The Balaban J connectivity index is 1.43. The molecule has 2 aliphatic carbocycles. The molecule has 0 bridgehead atoms. The zero-order valence-electron chi connectivity index (χ0n) is 20.9. The molecule has 2 fully saturated rings. The maximum absolute atomic E-state index is 12.1. The Morgan fingerprint density at radius 2 is 2.00 bits per heavy atom. The maximum Gasteiger partial charge on any atom is 0.360 e. The van der Waals surface area contributed by atoms with Gasteiger partial charge >= 0.3 is 5.97 Å². The minimum Gasteiger partial charge on any atom is -0.481 e. The second-order valence-corrected chi connectivity index (χ2v) is 11.4. The van der Waals surface area contributed by atoms with Crippen LogP contribution >= 0.6 is 0 Å². The van der Waals surface area contributed by atoms with Crippen LogP contribution in [0.25, 0.3) is 0 Å². The molecule has 2 atom stereocenters. The highest BCUT2D eigenvalue weighted by Gasteiger charge is 2.46. The lowest BCUT2D eigenvalue weighted by atomic mass is 9.85. The van der Waals surface area contributed by atoms with Crippen LogP contribution in [0, 0.1) is 0 Å². The molecule has 2 aromatic rings. The quantitative estimate of drug-likeness (QED) is 0.463. The van der Waals surface area contributed by atoms with Gasteiger partial charge in [-0.05, 0) is 51.9 Å². The monoisotopic (exact) mass is 522 g/mol. The van der Waals surface area contributed by atoms with Crippen LogP contribution in [-0.4, -0.2) is 68.1 Å². The topological polar surface area (TPSA) is 143 Å². The van der Waals surface area contributed by atoms with E-state index in [2.05, 4.69) is 19.7 Å². The Morgan fingerprint density at radius 3 is 2.69 bits per heavy atom. The molecule has 0 saturated heterocycles. The van der Waals surface area contributed by atoms with Gasteiger partial charge in [-0.3, -0.25) is 0 Å². The summed E-state index contributed by atoms with van der Waals surface area (Å²) >= 11 is 0. The van der Waals surface area contributed by atoms with Crippen molar-refractivity contribution in [2.45, 2.75) is 75.3 Å². The minimum atomic E-state index is -3.37. The standard InChI is InChI=1S/C24H34N4O7S/c1-4-33-22(29)19-14-34-23(26-19)24(11-9-17(13-24)28-36(3,30)31)15-35-18-7-5-16(6-8-18)21-25-12-10-20(27-21)32-2/h10,12,14,16-18,28H,4-9,11,13,15H2,1-3H3/t16?,17-,18?,24-/m0/s1. The molecule has 0 spiro atoms. The van der Waals surface area contributed by atoms with Crippen molar-refractivity contribution < 1.29 is 31.8 Å². The Kier molecular flexibility index (Phi) is 8.26. The Morgan fingerprint density at radius 1 is 1.22 bits per heavy atom. The normalized spacial score (nSPS) is 26.6. The van der Waals surface area contributed by atoms with Crippen LogP contribution in [0.4, 0.5) is 0 Å². The number of rotatable bonds is 10. The number of sulfonamides is 1. The van der Waals surface area contributed by atoms with Gasteiger partial charge < -0.3 is 18.6 Å². The van der Waals surface area contributed by atoms with E-state index in [9.17, 15) is 13.2 Å². The number of nitrogens with zero attached hydrogens (tertiary/aromatic N) is 3. The number of carbonyl (C=O) groups excluding carboxylic acids is 1. The van der Waals surface area contributed by atoms with Crippen molar-refractivity contribution in [1.82, 2.24) is 19.7 Å². The molecule has 2 saturated carbocycles. The fraction of sp³-hybridized carbons (Fsp3) is 0.667. The van der Waals surface area contributed by atoms with E-state index in [0.717, 1.165) is 37.8 Å². The molecule has 0 aliphatic heterocycles. The highest BCUT2D eigenvalue weighted by atomic mass is 32.2. The largest absolute Gasteiger partial charge is 0.481 e. The van der Waals surface area contributed by atoms with E-state index >= 15 is 0 Å². The first kappa shape index (κ1) is 26.5. The molecule has 2 aliphatic rings. The average molecular weight is 523 g/mol. The minimum absolute atomic E-state index is 0.0464. The molecular formula is C24H34N4O7S. The van der Waals surface area contributed by atoms with E-state index in [-0.39, 0.29) is 30.4 Å². The second-order valence-electron chi connectivity index (χ2n) is 9.61. The molecule has 36 heavy (non-hydrogen) atoms. The van der Waals surface area contributed by atoms with E-state index < -0.39 is 21.4 Å². The maximum atomic E-state index is 12.1. The zero-order chi connectivity index (χ0) is 25.8. The van der Waals surface area contributed by atoms with Crippen LogP contribution in [-0.2, 0) is 24.9 Å². The molecule has 1 N–H and O–H groups in total. The summed E-state index contributed by atoms with van der Waals surface area (Å²) < 4.78 is 48.7. The molecule has 2 heterocycles. The van der Waals surface area contributed by atoms with Crippen molar-refractivity contribution >= 4 is 16.0 Å². The first-order valence-corrected chi connectivity index (χ1v) is 14.2. The van der Waals surface area contributed by atoms with Crippen molar-refractivity contribution in [3.63, 3.8) is 0 Å². The van der Waals surface area contributed by atoms with Gasteiger partial charge in [-0.1, -0.05) is 0 Å². The highest BCUT2D eigenvalue weighted by Crippen LogP contribution is 2.43. The lowest BCUT2D eigenvalue weighted by Gasteiger charge is -2.32. The highest BCUT2D eigenvalue weighted by molar-refractivity contribution is 7.88. The molecule has 198 valence electrons. The Hall–Kier alpha value is -2.57. The van der Waals surface area contributed by atoms with Gasteiger partial charge in [0.25, 0.3) is 0 Å². The lowest BCUT2D eigenvalue weighted by Crippen LogP contribution is -2.37. The average Bonchev–Trinajstić information content (AvgIpc) is 3.51. The number of aromatic nitrogens is 3. The molecule has 0 unspecified atom stereocenters. The van der Waals surface area contributed by atoms with Gasteiger partial charge in [0.2, 0.25) is 21.8 Å². The van der Waals surface area contributed by atoms with Crippen LogP contribution in [0.2, 0.25) is 0 Å². The Bertz CT molecular complexity index is 1150. The van der Waals surface area contributed by atoms with Gasteiger partial charge in [0.15, 0.2) is 5.69 Å². The summed E-state index contributed by atoms with van der Waals surface area (Å²) in [5.74, 6) is 1.43. The summed E-state index contributed by atoms with van der Waals surface area (Å²) in [5.41, 5.74) is -0.538. The summed E-state index contributed by atoms with van der Waals surface area (Å²) in [4.78, 5) is 25.5. The van der Waals surface area contributed by atoms with Crippen LogP contribution in [0.15, 0.2) is 22.9 Å². The number of hydrogen-bond donors (Lipinski definition) is 1. The van der Waals surface area contributed by atoms with Gasteiger partial charge in [-0.2, -0.15) is 4.98 Å². The van der Waals surface area contributed by atoms with E-state index in [1.807, 2.05) is 0 Å². The molecule has 0 radical (unpaired) electrons. The molecule has 4 rings (SSSR count). The van der Waals surface area contributed by atoms with Gasteiger partial charge in [0.05, 0.1) is 38.1 Å².